The summed E-state index contributed by atoms with van der Waals surface area (Å²) in [4.78, 5) is 35.0. The van der Waals surface area contributed by atoms with E-state index in [4.69, 9.17) is 11.6 Å². The fourth-order valence-electron chi connectivity index (χ4n) is 6.49. The largest absolute Gasteiger partial charge is 0.298 e. The molecule has 2 saturated carbocycles. The van der Waals surface area contributed by atoms with Gasteiger partial charge >= 0.3 is 0 Å². The maximum atomic E-state index is 12.0. The summed E-state index contributed by atoms with van der Waals surface area (Å²) in [7, 11) is 0. The zero-order chi connectivity index (χ0) is 23.8. The number of alkyl halides is 1. The average Bonchev–Trinajstić information content (AvgIpc) is 3.32. The van der Waals surface area contributed by atoms with Gasteiger partial charge in [-0.25, -0.2) is 0 Å². The van der Waals surface area contributed by atoms with Gasteiger partial charge in [-0.3, -0.25) is 14.4 Å². The maximum Gasteiger partial charge on any atom is 0.159 e. The van der Waals surface area contributed by atoms with Gasteiger partial charge in [0.1, 0.15) is 6.29 Å². The molecule has 2 fully saturated rings. The van der Waals surface area contributed by atoms with Gasteiger partial charge in [0.15, 0.2) is 11.6 Å². The Morgan fingerprint density at radius 3 is 1.79 bits per heavy atom. The zero-order valence-electron chi connectivity index (χ0n) is 20.1. The van der Waals surface area contributed by atoms with Gasteiger partial charge in [0, 0.05) is 40.7 Å². The van der Waals surface area contributed by atoms with E-state index in [9.17, 15) is 14.4 Å². The predicted molar refractivity (Wildman–Crippen MR) is 137 cm³/mol. The van der Waals surface area contributed by atoms with E-state index in [0.29, 0.717) is 41.9 Å². The Labute approximate surface area is 205 Å². The van der Waals surface area contributed by atoms with Gasteiger partial charge in [-0.2, -0.15) is 0 Å². The summed E-state index contributed by atoms with van der Waals surface area (Å²) < 4.78 is 0. The number of hydrogen-bond acceptors (Lipinski definition) is 3. The highest BCUT2D eigenvalue weighted by molar-refractivity contribution is 6.19. The standard InChI is InChI=1S/C14H19ClO.C14H18O2.CH4/c2*1-9-4-6-14(10(2)8-15)7-5-12(16)13(14)11(9)3;/h9H,2,4-8H2,1,3H3;8-9H,2,4-7H2,1,3H3;1H4/t9-,14+;9?,14-;/m10./s1. The number of allylic oxidation sites excluding steroid dienone is 6. The number of rotatable bonds is 4. The number of carbonyl (C=O) groups is 3. The number of carbonyl (C=O) groups excluding carboxylic acids is 3. The molecule has 182 valence electrons. The minimum absolute atomic E-state index is 0. The summed E-state index contributed by atoms with van der Waals surface area (Å²) in [6.07, 6.45) is 7.96. The van der Waals surface area contributed by atoms with Crippen LogP contribution in [-0.2, 0) is 14.4 Å². The number of halogens is 1. The minimum Gasteiger partial charge on any atom is -0.298 e. The van der Waals surface area contributed by atoms with Crippen molar-refractivity contribution in [2.24, 2.45) is 22.7 Å². The normalized spacial score (nSPS) is 33.0. The molecule has 4 aliphatic carbocycles. The van der Waals surface area contributed by atoms with E-state index in [1.54, 1.807) is 0 Å². The summed E-state index contributed by atoms with van der Waals surface area (Å²) in [5.41, 5.74) is 5.67. The number of hydrogen-bond donors (Lipinski definition) is 0. The maximum absolute atomic E-state index is 12.0. The van der Waals surface area contributed by atoms with Crippen LogP contribution in [0, 0.1) is 22.7 Å². The molecule has 0 radical (unpaired) electrons. The van der Waals surface area contributed by atoms with Gasteiger partial charge in [-0.15, -0.1) is 11.6 Å². The van der Waals surface area contributed by atoms with E-state index in [0.717, 1.165) is 61.5 Å². The summed E-state index contributed by atoms with van der Waals surface area (Å²) >= 11 is 5.95. The van der Waals surface area contributed by atoms with Crippen molar-refractivity contribution in [3.8, 4) is 0 Å². The molecule has 0 N–H and O–H groups in total. The lowest BCUT2D eigenvalue weighted by Crippen LogP contribution is -2.30. The Bertz CT molecular complexity index is 937. The van der Waals surface area contributed by atoms with Crippen molar-refractivity contribution in [3.63, 3.8) is 0 Å². The molecule has 0 aromatic rings. The van der Waals surface area contributed by atoms with E-state index >= 15 is 0 Å². The first-order valence-corrected chi connectivity index (χ1v) is 12.5. The van der Waals surface area contributed by atoms with Crippen molar-refractivity contribution in [1.29, 1.82) is 0 Å². The number of Topliss-reactive ketones (excluding diaryl/α,β-unsaturated/α-hetero) is 2. The van der Waals surface area contributed by atoms with Crippen LogP contribution in [0.3, 0.4) is 0 Å². The molecule has 0 aromatic carbocycles. The Morgan fingerprint density at radius 1 is 0.909 bits per heavy atom. The van der Waals surface area contributed by atoms with Crippen LogP contribution in [0.2, 0.25) is 0 Å². The van der Waals surface area contributed by atoms with Crippen molar-refractivity contribution < 1.29 is 14.4 Å². The quantitative estimate of drug-likeness (QED) is 0.186. The van der Waals surface area contributed by atoms with Gasteiger partial charge < -0.3 is 0 Å². The molecule has 4 rings (SSSR count). The molecule has 0 aromatic heterocycles. The summed E-state index contributed by atoms with van der Waals surface area (Å²) in [5, 5.41) is 0. The van der Waals surface area contributed by atoms with Crippen LogP contribution in [0.1, 0.15) is 86.5 Å². The molecule has 4 aliphatic rings. The monoisotopic (exact) mass is 472 g/mol. The Kier molecular flexibility index (Phi) is 8.55. The van der Waals surface area contributed by atoms with Crippen molar-refractivity contribution in [2.75, 3.05) is 5.88 Å². The summed E-state index contributed by atoms with van der Waals surface area (Å²) in [5.74, 6) is 2.03. The molecule has 4 atom stereocenters. The van der Waals surface area contributed by atoms with Gasteiger partial charge in [-0.1, -0.05) is 51.2 Å². The molecule has 0 amide bonds. The highest BCUT2D eigenvalue weighted by Crippen LogP contribution is 2.56. The van der Waals surface area contributed by atoms with Gasteiger partial charge in [0.05, 0.1) is 0 Å². The third-order valence-electron chi connectivity index (χ3n) is 8.94. The van der Waals surface area contributed by atoms with Crippen molar-refractivity contribution in [2.45, 2.75) is 86.5 Å². The van der Waals surface area contributed by atoms with E-state index in [2.05, 4.69) is 33.9 Å². The van der Waals surface area contributed by atoms with Crippen LogP contribution < -0.4 is 0 Å². The molecular weight excluding hydrogens is 432 g/mol. The van der Waals surface area contributed by atoms with Crippen LogP contribution in [0.25, 0.3) is 0 Å². The van der Waals surface area contributed by atoms with Crippen molar-refractivity contribution in [1.82, 2.24) is 0 Å². The number of fused-ring (bicyclic) bond motifs is 2. The zero-order valence-corrected chi connectivity index (χ0v) is 20.9. The van der Waals surface area contributed by atoms with Crippen LogP contribution in [-0.4, -0.2) is 23.7 Å². The van der Waals surface area contributed by atoms with Gasteiger partial charge in [-0.05, 0) is 69.8 Å². The topological polar surface area (TPSA) is 51.2 Å². The van der Waals surface area contributed by atoms with Crippen molar-refractivity contribution in [3.05, 3.63) is 46.6 Å². The fourth-order valence-corrected chi connectivity index (χ4v) is 6.74. The molecule has 0 bridgehead atoms. The predicted octanol–water partition coefficient (Wildman–Crippen LogP) is 7.35. The second-order valence-electron chi connectivity index (χ2n) is 10.4. The highest BCUT2D eigenvalue weighted by atomic mass is 35.5. The third-order valence-corrected chi connectivity index (χ3v) is 9.27. The van der Waals surface area contributed by atoms with Gasteiger partial charge in [0.25, 0.3) is 0 Å². The van der Waals surface area contributed by atoms with Crippen LogP contribution >= 0.6 is 11.6 Å². The molecular formula is C29H41ClO3. The molecule has 0 aliphatic heterocycles. The lowest BCUT2D eigenvalue weighted by Gasteiger charge is -2.39. The molecule has 3 nitrogen and oxygen atoms in total. The van der Waals surface area contributed by atoms with E-state index in [1.165, 1.54) is 11.1 Å². The Hall–Kier alpha value is -1.74. The molecule has 0 heterocycles. The third kappa shape index (κ3) is 4.38. The minimum atomic E-state index is -0.310. The SMILES string of the molecule is C.C=C(C=O)[C@]12CCC(=O)C1=C(C)C(C)CC2.C=C(CCl)[C@]12CCC(=O)C1=C(C)[C@H](C)CC2. The van der Waals surface area contributed by atoms with E-state index < -0.39 is 0 Å². The molecule has 33 heavy (non-hydrogen) atoms. The number of aldehydes is 1. The summed E-state index contributed by atoms with van der Waals surface area (Å²) in [6.45, 7) is 16.5. The Balaban J connectivity index is 0.000000227. The second-order valence-corrected chi connectivity index (χ2v) is 10.7. The average molecular weight is 473 g/mol. The first-order valence-electron chi connectivity index (χ1n) is 11.9. The van der Waals surface area contributed by atoms with E-state index in [-0.39, 0.29) is 24.0 Å². The smallest absolute Gasteiger partial charge is 0.159 e. The Morgan fingerprint density at radius 2 is 1.33 bits per heavy atom. The molecule has 1 unspecified atom stereocenters. The molecule has 0 spiro atoms. The highest BCUT2D eigenvalue weighted by Gasteiger charge is 2.49. The van der Waals surface area contributed by atoms with E-state index in [1.807, 2.05) is 6.92 Å². The van der Waals surface area contributed by atoms with Gasteiger partial charge in [0.2, 0.25) is 0 Å². The molecule has 4 heteroatoms. The van der Waals surface area contributed by atoms with Crippen LogP contribution in [0.5, 0.6) is 0 Å². The lowest BCUT2D eigenvalue weighted by atomic mass is 9.65. The molecule has 0 saturated heterocycles. The second kappa shape index (κ2) is 10.3. The summed E-state index contributed by atoms with van der Waals surface area (Å²) in [6, 6.07) is 0. The fraction of sp³-hybridized carbons (Fsp3) is 0.621. The lowest BCUT2D eigenvalue weighted by molar-refractivity contribution is -0.115. The van der Waals surface area contributed by atoms with Crippen LogP contribution in [0.4, 0.5) is 0 Å². The van der Waals surface area contributed by atoms with Crippen LogP contribution in [0.15, 0.2) is 46.6 Å². The number of ketones is 2. The first kappa shape index (κ1) is 27.5. The van der Waals surface area contributed by atoms with Crippen molar-refractivity contribution >= 4 is 29.5 Å². The first-order chi connectivity index (χ1) is 15.1.